The summed E-state index contributed by atoms with van der Waals surface area (Å²) in [6, 6.07) is 24.1. The zero-order valence-electron chi connectivity index (χ0n) is 22.6. The van der Waals surface area contributed by atoms with Crippen molar-refractivity contribution < 1.29 is 23.8 Å². The fourth-order valence-electron chi connectivity index (χ4n) is 4.74. The zero-order chi connectivity index (χ0) is 27.9. The summed E-state index contributed by atoms with van der Waals surface area (Å²) in [6.45, 7) is 0.850. The van der Waals surface area contributed by atoms with E-state index in [-0.39, 0.29) is 24.5 Å². The van der Waals surface area contributed by atoms with E-state index >= 15 is 0 Å². The first kappa shape index (κ1) is 27.0. The summed E-state index contributed by atoms with van der Waals surface area (Å²) in [5, 5.41) is 2.93. The van der Waals surface area contributed by atoms with Gasteiger partial charge in [0.2, 0.25) is 11.9 Å². The molecular weight excluding hydrogens is 508 g/mol. The molecule has 2 heterocycles. The largest absolute Gasteiger partial charge is 0.493 e. The van der Waals surface area contributed by atoms with Gasteiger partial charge in [-0.3, -0.25) is 19.5 Å². The first-order valence-corrected chi connectivity index (χ1v) is 13.2. The molecule has 0 aliphatic carbocycles. The molecule has 40 heavy (non-hydrogen) atoms. The molecule has 1 N–H and O–H groups in total. The van der Waals surface area contributed by atoms with Crippen LogP contribution in [-0.2, 0) is 9.53 Å². The minimum absolute atomic E-state index is 0.0982. The Labute approximate surface area is 233 Å². The van der Waals surface area contributed by atoms with Crippen molar-refractivity contribution in [3.8, 4) is 28.4 Å². The van der Waals surface area contributed by atoms with E-state index in [1.54, 1.807) is 41.9 Å². The molecule has 1 aromatic heterocycles. The fraction of sp³-hybridized carbons (Fsp3) is 0.258. The second-order valence-corrected chi connectivity index (χ2v) is 9.46. The van der Waals surface area contributed by atoms with Gasteiger partial charge in [-0.25, -0.2) is 4.98 Å². The van der Waals surface area contributed by atoms with Crippen LogP contribution in [-0.4, -0.2) is 66.3 Å². The van der Waals surface area contributed by atoms with Crippen molar-refractivity contribution in [1.29, 1.82) is 0 Å². The lowest BCUT2D eigenvalue weighted by Crippen LogP contribution is -2.42. The molecule has 5 rings (SSSR count). The smallest absolute Gasteiger partial charge is 0.254 e. The van der Waals surface area contributed by atoms with Crippen LogP contribution in [0.4, 0.5) is 5.95 Å². The number of nitrogens with one attached hydrogen (secondary N) is 1. The second-order valence-electron chi connectivity index (χ2n) is 9.46. The number of benzene rings is 3. The van der Waals surface area contributed by atoms with Crippen molar-refractivity contribution in [1.82, 2.24) is 14.5 Å². The van der Waals surface area contributed by atoms with E-state index in [1.165, 1.54) is 0 Å². The molecule has 206 valence electrons. The molecule has 0 unspecified atom stereocenters. The quantitative estimate of drug-likeness (QED) is 0.310. The van der Waals surface area contributed by atoms with E-state index in [2.05, 4.69) is 5.32 Å². The van der Waals surface area contributed by atoms with Gasteiger partial charge in [-0.2, -0.15) is 0 Å². The number of hydrogen-bond acceptors (Lipinski definition) is 6. The van der Waals surface area contributed by atoms with E-state index in [4.69, 9.17) is 19.2 Å². The minimum atomic E-state index is -0.366. The first-order valence-electron chi connectivity index (χ1n) is 13.2. The average molecular weight is 541 g/mol. The lowest BCUT2D eigenvalue weighted by molar-refractivity contribution is -0.117. The number of carbonyl (C=O) groups is 2. The molecule has 0 spiro atoms. The number of anilines is 1. The lowest BCUT2D eigenvalue weighted by atomic mass is 10.1. The average Bonchev–Trinajstić information content (AvgIpc) is 3.67. The minimum Gasteiger partial charge on any atom is -0.493 e. The number of aromatic nitrogens is 2. The Bertz CT molecular complexity index is 1450. The van der Waals surface area contributed by atoms with E-state index < -0.39 is 0 Å². The number of ether oxygens (including phenoxy) is 3. The monoisotopic (exact) mass is 540 g/mol. The summed E-state index contributed by atoms with van der Waals surface area (Å²) >= 11 is 0. The van der Waals surface area contributed by atoms with Crippen molar-refractivity contribution in [3.63, 3.8) is 0 Å². The highest BCUT2D eigenvalue weighted by atomic mass is 16.5. The predicted molar refractivity (Wildman–Crippen MR) is 152 cm³/mol. The summed E-state index contributed by atoms with van der Waals surface area (Å²) in [5.74, 6) is 0.863. The molecule has 1 fully saturated rings. The van der Waals surface area contributed by atoms with Gasteiger partial charge in [0.1, 0.15) is 6.54 Å². The number of amides is 2. The Morgan fingerprint density at radius 2 is 1.73 bits per heavy atom. The zero-order valence-corrected chi connectivity index (χ0v) is 22.6. The van der Waals surface area contributed by atoms with Crippen LogP contribution in [0.25, 0.3) is 16.9 Å². The molecule has 0 saturated carbocycles. The second kappa shape index (κ2) is 12.5. The highest BCUT2D eigenvalue weighted by Gasteiger charge is 2.26. The summed E-state index contributed by atoms with van der Waals surface area (Å²) in [7, 11) is 3.15. The summed E-state index contributed by atoms with van der Waals surface area (Å²) in [4.78, 5) is 33.1. The number of imidazole rings is 1. The van der Waals surface area contributed by atoms with Crippen LogP contribution in [0.1, 0.15) is 23.2 Å². The molecular formula is C31H32N4O5. The Hall–Kier alpha value is -4.63. The molecule has 3 aromatic carbocycles. The molecule has 0 bridgehead atoms. The van der Waals surface area contributed by atoms with E-state index in [1.807, 2.05) is 66.9 Å². The van der Waals surface area contributed by atoms with Crippen LogP contribution in [0.3, 0.4) is 0 Å². The maximum absolute atomic E-state index is 13.4. The third kappa shape index (κ3) is 6.16. The van der Waals surface area contributed by atoms with Crippen LogP contribution < -0.4 is 14.8 Å². The first-order chi connectivity index (χ1) is 19.6. The molecule has 1 aliphatic heterocycles. The van der Waals surface area contributed by atoms with Gasteiger partial charge < -0.3 is 19.1 Å². The van der Waals surface area contributed by atoms with Gasteiger partial charge in [0.25, 0.3) is 5.91 Å². The van der Waals surface area contributed by atoms with Crippen LogP contribution in [0.15, 0.2) is 85.1 Å². The van der Waals surface area contributed by atoms with Crippen molar-refractivity contribution in [2.24, 2.45) is 0 Å². The standard InChI is InChI=1S/C31H32N4O5/c1-38-27-16-15-24(18-28(27)39-2)35-20-26(22-10-5-3-6-11-22)32-31(35)33-29(36)21-34(19-25-14-9-17-40-25)30(37)23-12-7-4-8-13-23/h3-8,10-13,15-16,18,20,25H,9,14,17,19,21H2,1-2H3,(H,32,33,36)/t25-/m0/s1. The molecule has 1 aliphatic rings. The Kier molecular flexibility index (Phi) is 8.41. The molecule has 9 nitrogen and oxygen atoms in total. The third-order valence-electron chi connectivity index (χ3n) is 6.76. The van der Waals surface area contributed by atoms with Gasteiger partial charge in [0.05, 0.1) is 31.7 Å². The van der Waals surface area contributed by atoms with Gasteiger partial charge in [-0.05, 0) is 37.1 Å². The summed E-state index contributed by atoms with van der Waals surface area (Å²) in [6.07, 6.45) is 3.55. The number of rotatable bonds is 10. The number of carbonyl (C=O) groups excluding carboxylic acids is 2. The Balaban J connectivity index is 1.44. The number of hydrogen-bond donors (Lipinski definition) is 1. The maximum atomic E-state index is 13.4. The van der Waals surface area contributed by atoms with Crippen LogP contribution in [0.5, 0.6) is 11.5 Å². The molecule has 0 radical (unpaired) electrons. The summed E-state index contributed by atoms with van der Waals surface area (Å²) in [5.41, 5.74) is 2.82. The highest BCUT2D eigenvalue weighted by Crippen LogP contribution is 2.32. The molecule has 9 heteroatoms. The Morgan fingerprint density at radius 3 is 2.40 bits per heavy atom. The lowest BCUT2D eigenvalue weighted by Gasteiger charge is -2.25. The third-order valence-corrected chi connectivity index (χ3v) is 6.76. The van der Waals surface area contributed by atoms with Gasteiger partial charge in [0, 0.05) is 36.5 Å². The van der Waals surface area contributed by atoms with Crippen molar-refractivity contribution in [2.45, 2.75) is 18.9 Å². The molecule has 1 saturated heterocycles. The van der Waals surface area contributed by atoms with E-state index in [9.17, 15) is 9.59 Å². The van der Waals surface area contributed by atoms with Crippen LogP contribution in [0, 0.1) is 0 Å². The van der Waals surface area contributed by atoms with Crippen LogP contribution >= 0.6 is 0 Å². The van der Waals surface area contributed by atoms with Gasteiger partial charge in [-0.15, -0.1) is 0 Å². The molecule has 2 amide bonds. The normalized spacial score (nSPS) is 14.5. The Morgan fingerprint density at radius 1 is 1.00 bits per heavy atom. The van der Waals surface area contributed by atoms with Crippen molar-refractivity contribution >= 4 is 17.8 Å². The highest BCUT2D eigenvalue weighted by molar-refractivity contribution is 5.99. The van der Waals surface area contributed by atoms with Crippen molar-refractivity contribution in [2.75, 3.05) is 39.2 Å². The van der Waals surface area contributed by atoms with Gasteiger partial charge >= 0.3 is 0 Å². The number of nitrogens with zero attached hydrogens (tertiary/aromatic N) is 3. The molecule has 4 aromatic rings. The summed E-state index contributed by atoms with van der Waals surface area (Å²) < 4.78 is 18.4. The fourth-order valence-corrected chi connectivity index (χ4v) is 4.74. The van der Waals surface area contributed by atoms with E-state index in [0.29, 0.717) is 41.9 Å². The van der Waals surface area contributed by atoms with Gasteiger partial charge in [-0.1, -0.05) is 48.5 Å². The molecule has 1 atom stereocenters. The predicted octanol–water partition coefficient (Wildman–Crippen LogP) is 4.82. The SMILES string of the molecule is COc1ccc(-n2cc(-c3ccccc3)nc2NC(=O)CN(C[C@@H]2CCCO2)C(=O)c2ccccc2)cc1OC. The van der Waals surface area contributed by atoms with Crippen LogP contribution in [0.2, 0.25) is 0 Å². The topological polar surface area (TPSA) is 94.9 Å². The van der Waals surface area contributed by atoms with Crippen molar-refractivity contribution in [3.05, 3.63) is 90.6 Å². The number of methoxy groups -OCH3 is 2. The maximum Gasteiger partial charge on any atom is 0.254 e. The van der Waals surface area contributed by atoms with Gasteiger partial charge in [0.15, 0.2) is 11.5 Å². The van der Waals surface area contributed by atoms with E-state index in [0.717, 1.165) is 24.1 Å².